The predicted molar refractivity (Wildman–Crippen MR) is 85.0 cm³/mol. The third-order valence-electron chi connectivity index (χ3n) is 4.99. The Balaban J connectivity index is 1.99. The lowest BCUT2D eigenvalue weighted by Crippen LogP contribution is -2.50. The number of benzene rings is 1. The summed E-state index contributed by atoms with van der Waals surface area (Å²) in [6, 6.07) is 2.32. The molecule has 1 aromatic heterocycles. The van der Waals surface area contributed by atoms with Gasteiger partial charge in [-0.2, -0.15) is 26.3 Å². The molecule has 2 atom stereocenters. The topological polar surface area (TPSA) is 45.3 Å². The summed E-state index contributed by atoms with van der Waals surface area (Å²) in [7, 11) is 0. The molecule has 2 aliphatic rings. The summed E-state index contributed by atoms with van der Waals surface area (Å²) < 4.78 is 85.6. The van der Waals surface area contributed by atoms with Crippen LogP contribution >= 0.6 is 0 Å². The molecule has 0 amide bonds. The zero-order valence-electron chi connectivity index (χ0n) is 13.7. The minimum Gasteiger partial charge on any atom is -0.485 e. The zero-order chi connectivity index (χ0) is 19.6. The van der Waals surface area contributed by atoms with E-state index in [2.05, 4.69) is 4.98 Å². The van der Waals surface area contributed by atoms with Crippen molar-refractivity contribution in [1.29, 1.82) is 0 Å². The Bertz CT molecular complexity index is 949. The van der Waals surface area contributed by atoms with Gasteiger partial charge in [0.2, 0.25) is 5.56 Å². The van der Waals surface area contributed by atoms with Crippen LogP contribution in [0.4, 0.5) is 32.0 Å². The number of anilines is 1. The van der Waals surface area contributed by atoms with E-state index < -0.39 is 47.6 Å². The highest BCUT2D eigenvalue weighted by Gasteiger charge is 2.45. The van der Waals surface area contributed by atoms with E-state index >= 15 is 0 Å². The number of halogens is 6. The number of H-pyrrole nitrogens is 1. The smallest absolute Gasteiger partial charge is 0.417 e. The number of hydrogen-bond donors (Lipinski definition) is 1. The lowest BCUT2D eigenvalue weighted by Gasteiger charge is -2.41. The van der Waals surface area contributed by atoms with Crippen molar-refractivity contribution in [3.05, 3.63) is 34.1 Å². The summed E-state index contributed by atoms with van der Waals surface area (Å²) in [6.07, 6.45) is -8.45. The molecule has 1 N–H and O–H groups in total. The highest BCUT2D eigenvalue weighted by atomic mass is 19.4. The van der Waals surface area contributed by atoms with Crippen LogP contribution in [0.25, 0.3) is 10.9 Å². The summed E-state index contributed by atoms with van der Waals surface area (Å²) in [6.45, 7) is -1.28. The molecule has 1 unspecified atom stereocenters. The standard InChI is InChI=1S/C17H14F6N2O2/c18-16(19,20)7-25-10-2-1-3-12(10)27-15-11(25)5-4-9-14(15)8(17(21,22)23)6-13(26)24-9/h4-6,10,12H,1-3,7H2,(H,24,26)/t10-,12?/m1/s1. The summed E-state index contributed by atoms with van der Waals surface area (Å²) in [5.74, 6) is -0.261. The highest BCUT2D eigenvalue weighted by molar-refractivity contribution is 5.94. The number of fused-ring (bicyclic) bond motifs is 4. The Morgan fingerprint density at radius 3 is 2.56 bits per heavy atom. The average Bonchev–Trinajstić information content (AvgIpc) is 2.99. The first-order valence-electron chi connectivity index (χ1n) is 8.32. The van der Waals surface area contributed by atoms with Crippen molar-refractivity contribution in [3.8, 4) is 5.75 Å². The third-order valence-corrected chi connectivity index (χ3v) is 4.99. The van der Waals surface area contributed by atoms with Gasteiger partial charge in [0, 0.05) is 6.07 Å². The Labute approximate surface area is 148 Å². The van der Waals surface area contributed by atoms with E-state index in [1.165, 1.54) is 12.1 Å². The van der Waals surface area contributed by atoms with Crippen molar-refractivity contribution in [2.24, 2.45) is 0 Å². The first kappa shape index (κ1) is 18.0. The van der Waals surface area contributed by atoms with E-state index in [9.17, 15) is 31.1 Å². The molecule has 4 rings (SSSR count). The van der Waals surface area contributed by atoms with Gasteiger partial charge in [-0.15, -0.1) is 0 Å². The van der Waals surface area contributed by atoms with Crippen molar-refractivity contribution in [1.82, 2.24) is 4.98 Å². The molecule has 0 spiro atoms. The van der Waals surface area contributed by atoms with E-state index in [0.717, 1.165) is 4.90 Å². The maximum atomic E-state index is 13.5. The second-order valence-corrected chi connectivity index (χ2v) is 6.78. The zero-order valence-corrected chi connectivity index (χ0v) is 13.7. The highest BCUT2D eigenvalue weighted by Crippen LogP contribution is 2.48. The Kier molecular flexibility index (Phi) is 3.87. The molecular formula is C17H14F6N2O2. The second kappa shape index (κ2) is 5.80. The lowest BCUT2D eigenvalue weighted by molar-refractivity contribution is -0.136. The summed E-state index contributed by atoms with van der Waals surface area (Å²) in [5.41, 5.74) is -2.34. The molecule has 0 radical (unpaired) electrons. The van der Waals surface area contributed by atoms with Gasteiger partial charge in [-0.3, -0.25) is 4.79 Å². The first-order chi connectivity index (χ1) is 12.5. The lowest BCUT2D eigenvalue weighted by atomic mass is 10.0. The van der Waals surface area contributed by atoms with E-state index in [1.54, 1.807) is 0 Å². The van der Waals surface area contributed by atoms with Crippen molar-refractivity contribution < 1.29 is 31.1 Å². The number of pyridine rings is 1. The van der Waals surface area contributed by atoms with Crippen LogP contribution in [0, 0.1) is 0 Å². The third kappa shape index (κ3) is 3.10. The molecule has 2 aromatic rings. The summed E-state index contributed by atoms with van der Waals surface area (Å²) in [4.78, 5) is 15.0. The van der Waals surface area contributed by atoms with Crippen molar-refractivity contribution in [2.45, 2.75) is 43.8 Å². The normalized spacial score (nSPS) is 22.5. The van der Waals surface area contributed by atoms with Gasteiger partial charge in [0.25, 0.3) is 0 Å². The molecule has 10 heteroatoms. The summed E-state index contributed by atoms with van der Waals surface area (Å²) in [5, 5.41) is -0.419. The van der Waals surface area contributed by atoms with Crippen LogP contribution in [0.5, 0.6) is 5.75 Å². The maximum absolute atomic E-state index is 13.5. The van der Waals surface area contributed by atoms with Crippen LogP contribution in [0.3, 0.4) is 0 Å². The number of aromatic amines is 1. The molecule has 27 heavy (non-hydrogen) atoms. The molecule has 1 fully saturated rings. The second-order valence-electron chi connectivity index (χ2n) is 6.78. The van der Waals surface area contributed by atoms with Gasteiger partial charge in [0.05, 0.1) is 28.2 Å². The fraction of sp³-hybridized carbons (Fsp3) is 0.471. The van der Waals surface area contributed by atoms with Gasteiger partial charge in [-0.05, 0) is 31.4 Å². The predicted octanol–water partition coefficient (Wildman–Crippen LogP) is 4.23. The Morgan fingerprint density at radius 1 is 1.15 bits per heavy atom. The molecule has 2 heterocycles. The minimum absolute atomic E-state index is 0.0412. The van der Waals surface area contributed by atoms with E-state index in [1.807, 2.05) is 0 Å². The van der Waals surface area contributed by atoms with Crippen LogP contribution in [-0.2, 0) is 6.18 Å². The molecule has 4 nitrogen and oxygen atoms in total. The van der Waals surface area contributed by atoms with E-state index in [0.29, 0.717) is 25.3 Å². The van der Waals surface area contributed by atoms with Crippen molar-refractivity contribution in [3.63, 3.8) is 0 Å². The molecule has 1 saturated carbocycles. The SMILES string of the molecule is O=c1cc(C(F)(F)F)c2c3c(ccc2[nH]1)N(CC(F)(F)F)[C@@H]1CCCC1O3. The average molecular weight is 392 g/mol. The number of nitrogens with zero attached hydrogens (tertiary/aromatic N) is 1. The number of aromatic nitrogens is 1. The Morgan fingerprint density at radius 2 is 1.89 bits per heavy atom. The fourth-order valence-electron chi connectivity index (χ4n) is 4.01. The first-order valence-corrected chi connectivity index (χ1v) is 8.32. The van der Waals surface area contributed by atoms with Crippen LogP contribution in [0.1, 0.15) is 24.8 Å². The van der Waals surface area contributed by atoms with Gasteiger partial charge in [-0.1, -0.05) is 0 Å². The molecule has 1 aliphatic carbocycles. The number of rotatable bonds is 1. The van der Waals surface area contributed by atoms with Crippen LogP contribution in [-0.4, -0.2) is 29.9 Å². The number of nitrogens with one attached hydrogen (secondary N) is 1. The van der Waals surface area contributed by atoms with Crippen LogP contribution < -0.4 is 15.2 Å². The largest absolute Gasteiger partial charge is 0.485 e. The van der Waals surface area contributed by atoms with Crippen LogP contribution in [0.15, 0.2) is 23.0 Å². The van der Waals surface area contributed by atoms with Gasteiger partial charge in [-0.25, -0.2) is 0 Å². The maximum Gasteiger partial charge on any atom is 0.417 e. The monoisotopic (exact) mass is 392 g/mol. The number of alkyl halides is 6. The molecular weight excluding hydrogens is 378 g/mol. The molecule has 1 aromatic carbocycles. The fourth-order valence-corrected chi connectivity index (χ4v) is 4.01. The summed E-state index contributed by atoms with van der Waals surface area (Å²) >= 11 is 0. The molecule has 0 bridgehead atoms. The Hall–Kier alpha value is -2.39. The molecule has 1 aliphatic heterocycles. The van der Waals surface area contributed by atoms with Gasteiger partial charge in [0.1, 0.15) is 12.6 Å². The van der Waals surface area contributed by atoms with E-state index in [-0.39, 0.29) is 17.0 Å². The quantitative estimate of drug-likeness (QED) is 0.739. The van der Waals surface area contributed by atoms with Gasteiger partial charge < -0.3 is 14.6 Å². The minimum atomic E-state index is -4.85. The van der Waals surface area contributed by atoms with Crippen molar-refractivity contribution >= 4 is 16.6 Å². The van der Waals surface area contributed by atoms with E-state index in [4.69, 9.17) is 4.74 Å². The van der Waals surface area contributed by atoms with Crippen molar-refractivity contribution in [2.75, 3.05) is 11.4 Å². The molecule has 0 saturated heterocycles. The van der Waals surface area contributed by atoms with Gasteiger partial charge >= 0.3 is 12.4 Å². The number of ether oxygens (including phenoxy) is 1. The van der Waals surface area contributed by atoms with Gasteiger partial charge in [0.15, 0.2) is 5.75 Å². The van der Waals surface area contributed by atoms with Crippen LogP contribution in [0.2, 0.25) is 0 Å². The number of hydrogen-bond acceptors (Lipinski definition) is 3. The molecule has 146 valence electrons.